The third-order valence-electron chi connectivity index (χ3n) is 4.34. The van der Waals surface area contributed by atoms with Gasteiger partial charge in [0.2, 0.25) is 11.8 Å². The lowest BCUT2D eigenvalue weighted by Crippen LogP contribution is -2.58. The molecule has 0 spiro atoms. The van der Waals surface area contributed by atoms with Crippen LogP contribution in [0.4, 0.5) is 4.79 Å². The molecule has 1 aliphatic carbocycles. The number of carboxylic acid groups (broad SMARTS) is 1. The third kappa shape index (κ3) is 2.44. The molecule has 112 valence electrons. The molecule has 1 heterocycles. The molecule has 2 unspecified atom stereocenters. The average Bonchev–Trinajstić information content (AvgIpc) is 2.94. The molecule has 1 aliphatic heterocycles. The molecule has 0 radical (unpaired) electrons. The number of nitrogens with one attached hydrogen (secondary N) is 1. The monoisotopic (exact) mass is 283 g/mol. The molecule has 2 bridgehead atoms. The zero-order valence-corrected chi connectivity index (χ0v) is 11.7. The predicted molar refractivity (Wildman–Crippen MR) is 70.7 cm³/mol. The van der Waals surface area contributed by atoms with Gasteiger partial charge in [-0.15, -0.1) is 0 Å². The molecule has 2 rings (SSSR count). The maximum Gasteiger partial charge on any atom is 0.405 e. The minimum atomic E-state index is -1.24. The minimum absolute atomic E-state index is 0.0156. The van der Waals surface area contributed by atoms with E-state index in [1.54, 1.807) is 13.8 Å². The number of hydrogen-bond donors (Lipinski definition) is 3. The summed E-state index contributed by atoms with van der Waals surface area (Å²) in [5.74, 6) is -0.896. The first-order chi connectivity index (χ1) is 9.32. The number of carbonyl (C=O) groups excluding carboxylic acids is 2. The van der Waals surface area contributed by atoms with Gasteiger partial charge in [0.05, 0.1) is 0 Å². The lowest BCUT2D eigenvalue weighted by atomic mass is 9.95. The summed E-state index contributed by atoms with van der Waals surface area (Å²) in [5.41, 5.74) is 5.42. The molecule has 3 amide bonds. The maximum absolute atomic E-state index is 12.6. The van der Waals surface area contributed by atoms with Crippen molar-refractivity contribution in [1.82, 2.24) is 10.2 Å². The number of rotatable bonds is 4. The normalized spacial score (nSPS) is 29.6. The summed E-state index contributed by atoms with van der Waals surface area (Å²) in [6.45, 7) is 3.54. The Morgan fingerprint density at radius 1 is 1.30 bits per heavy atom. The molecule has 4 atom stereocenters. The van der Waals surface area contributed by atoms with Crippen molar-refractivity contribution in [3.8, 4) is 0 Å². The first-order valence-electron chi connectivity index (χ1n) is 6.94. The zero-order chi connectivity index (χ0) is 15.0. The number of carbonyl (C=O) groups is 3. The first-order valence-corrected chi connectivity index (χ1v) is 6.94. The highest BCUT2D eigenvalue weighted by atomic mass is 16.4. The van der Waals surface area contributed by atoms with E-state index in [0.717, 1.165) is 19.3 Å². The Labute approximate surface area is 117 Å². The van der Waals surface area contributed by atoms with E-state index in [2.05, 4.69) is 5.32 Å². The molecule has 20 heavy (non-hydrogen) atoms. The quantitative estimate of drug-likeness (QED) is 0.681. The molecule has 7 heteroatoms. The van der Waals surface area contributed by atoms with E-state index in [1.807, 2.05) is 0 Å². The highest BCUT2D eigenvalue weighted by molar-refractivity contribution is 5.92. The molecule has 0 aromatic heterocycles. The van der Waals surface area contributed by atoms with Gasteiger partial charge in [-0.3, -0.25) is 9.59 Å². The van der Waals surface area contributed by atoms with Gasteiger partial charge in [0.15, 0.2) is 0 Å². The van der Waals surface area contributed by atoms with Gasteiger partial charge in [-0.25, -0.2) is 4.79 Å². The summed E-state index contributed by atoms with van der Waals surface area (Å²) in [5, 5.41) is 11.1. The second-order valence-electron chi connectivity index (χ2n) is 5.99. The van der Waals surface area contributed by atoms with Crippen molar-refractivity contribution >= 4 is 17.9 Å². The van der Waals surface area contributed by atoms with E-state index in [9.17, 15) is 14.4 Å². The molecule has 7 nitrogen and oxygen atoms in total. The van der Waals surface area contributed by atoms with E-state index < -0.39 is 24.1 Å². The highest BCUT2D eigenvalue weighted by Gasteiger charge is 2.52. The Bertz CT molecular complexity index is 437. The molecule has 1 saturated heterocycles. The molecular formula is C13H21N3O4. The van der Waals surface area contributed by atoms with Crippen molar-refractivity contribution in [2.75, 3.05) is 0 Å². The van der Waals surface area contributed by atoms with Gasteiger partial charge < -0.3 is 21.1 Å². The van der Waals surface area contributed by atoms with Gasteiger partial charge in [0.1, 0.15) is 12.1 Å². The number of piperidine rings is 1. The summed E-state index contributed by atoms with van der Waals surface area (Å²) in [7, 11) is 0. The van der Waals surface area contributed by atoms with Crippen molar-refractivity contribution < 1.29 is 19.5 Å². The second-order valence-corrected chi connectivity index (χ2v) is 5.99. The second kappa shape index (κ2) is 5.30. The number of nitrogens with two attached hydrogens (primary N) is 1. The van der Waals surface area contributed by atoms with E-state index in [1.165, 1.54) is 4.90 Å². The fourth-order valence-electron chi connectivity index (χ4n) is 3.48. The predicted octanol–water partition coefficient (Wildman–Crippen LogP) is 0.143. The number of nitrogens with zero attached hydrogens (tertiary/aromatic N) is 1. The summed E-state index contributed by atoms with van der Waals surface area (Å²) in [4.78, 5) is 36.6. The Hall–Kier alpha value is -1.79. The first kappa shape index (κ1) is 14.6. The van der Waals surface area contributed by atoms with Crippen molar-refractivity contribution in [2.45, 2.75) is 51.2 Å². The lowest BCUT2D eigenvalue weighted by molar-refractivity contribution is -0.144. The Morgan fingerprint density at radius 2 is 1.95 bits per heavy atom. The Morgan fingerprint density at radius 3 is 2.45 bits per heavy atom. The lowest BCUT2D eigenvalue weighted by Gasteiger charge is -2.36. The van der Waals surface area contributed by atoms with Gasteiger partial charge in [0, 0.05) is 6.04 Å². The minimum Gasteiger partial charge on any atom is -0.465 e. The van der Waals surface area contributed by atoms with Crippen LogP contribution in [-0.2, 0) is 9.59 Å². The topological polar surface area (TPSA) is 113 Å². The van der Waals surface area contributed by atoms with Crippen LogP contribution in [0.1, 0.15) is 33.1 Å². The summed E-state index contributed by atoms with van der Waals surface area (Å²) >= 11 is 0. The highest BCUT2D eigenvalue weighted by Crippen LogP contribution is 2.42. The van der Waals surface area contributed by atoms with Crippen LogP contribution in [0, 0.1) is 11.8 Å². The van der Waals surface area contributed by atoms with E-state index in [4.69, 9.17) is 10.8 Å². The smallest absolute Gasteiger partial charge is 0.405 e. The fraction of sp³-hybridized carbons (Fsp3) is 0.769. The zero-order valence-electron chi connectivity index (χ0n) is 11.7. The van der Waals surface area contributed by atoms with Crippen LogP contribution in [0.5, 0.6) is 0 Å². The van der Waals surface area contributed by atoms with Crippen LogP contribution in [0.15, 0.2) is 0 Å². The molecule has 1 saturated carbocycles. The van der Waals surface area contributed by atoms with Crippen LogP contribution < -0.4 is 11.1 Å². The standard InChI is InChI=1S/C13H21N3O4/c1-6(2)9(15-13(19)20)12(18)16-8-4-3-7(5-8)10(16)11(14)17/h6-10,15H,3-5H2,1-2H3,(H2,14,17)(H,19,20)/t7?,8?,9-,10-/m0/s1. The van der Waals surface area contributed by atoms with Crippen LogP contribution >= 0.6 is 0 Å². The van der Waals surface area contributed by atoms with Crippen LogP contribution in [0.25, 0.3) is 0 Å². The summed E-state index contributed by atoms with van der Waals surface area (Å²) < 4.78 is 0. The van der Waals surface area contributed by atoms with E-state index >= 15 is 0 Å². The van der Waals surface area contributed by atoms with Crippen molar-refractivity contribution in [1.29, 1.82) is 0 Å². The van der Waals surface area contributed by atoms with Gasteiger partial charge in [0.25, 0.3) is 0 Å². The molecule has 4 N–H and O–H groups in total. The van der Waals surface area contributed by atoms with Gasteiger partial charge in [-0.05, 0) is 31.1 Å². The SMILES string of the molecule is CC(C)[C@H](NC(=O)O)C(=O)N1C2CCC(C2)[C@H]1C(N)=O. The molecule has 2 fully saturated rings. The summed E-state index contributed by atoms with van der Waals surface area (Å²) in [6, 6.07) is -1.41. The van der Waals surface area contributed by atoms with E-state index in [-0.39, 0.29) is 23.8 Å². The fourth-order valence-corrected chi connectivity index (χ4v) is 3.48. The van der Waals surface area contributed by atoms with Crippen molar-refractivity contribution in [3.05, 3.63) is 0 Å². The van der Waals surface area contributed by atoms with Gasteiger partial charge in [-0.1, -0.05) is 13.8 Å². The maximum atomic E-state index is 12.6. The third-order valence-corrected chi connectivity index (χ3v) is 4.34. The molecular weight excluding hydrogens is 262 g/mol. The number of amides is 3. The van der Waals surface area contributed by atoms with Crippen LogP contribution in [-0.4, -0.2) is 46.0 Å². The number of hydrogen-bond acceptors (Lipinski definition) is 3. The van der Waals surface area contributed by atoms with Gasteiger partial charge in [-0.2, -0.15) is 0 Å². The largest absolute Gasteiger partial charge is 0.465 e. The number of primary amides is 1. The van der Waals surface area contributed by atoms with Gasteiger partial charge >= 0.3 is 6.09 Å². The Kier molecular flexibility index (Phi) is 3.87. The number of fused-ring (bicyclic) bond motifs is 2. The summed E-state index contributed by atoms with van der Waals surface area (Å²) in [6.07, 6.45) is 1.31. The molecule has 0 aromatic rings. The molecule has 2 aliphatic rings. The number of likely N-dealkylation sites (tertiary alicyclic amines) is 1. The molecule has 0 aromatic carbocycles. The van der Waals surface area contributed by atoms with Crippen molar-refractivity contribution in [2.24, 2.45) is 17.6 Å². The Balaban J connectivity index is 2.21. The average molecular weight is 283 g/mol. The van der Waals surface area contributed by atoms with Crippen LogP contribution in [0.3, 0.4) is 0 Å². The van der Waals surface area contributed by atoms with E-state index in [0.29, 0.717) is 0 Å². The van der Waals surface area contributed by atoms with Crippen LogP contribution in [0.2, 0.25) is 0 Å². The van der Waals surface area contributed by atoms with Crippen molar-refractivity contribution in [3.63, 3.8) is 0 Å².